The van der Waals surface area contributed by atoms with Crippen molar-refractivity contribution < 1.29 is 9.53 Å². The third kappa shape index (κ3) is 2.84. The zero-order chi connectivity index (χ0) is 9.84. The van der Waals surface area contributed by atoms with Crippen molar-refractivity contribution in [3.8, 4) is 0 Å². The molecular formula is C8H11BrN2O2. The molecule has 1 atom stereocenters. The van der Waals surface area contributed by atoms with Crippen LogP contribution >= 0.6 is 15.9 Å². The number of esters is 1. The van der Waals surface area contributed by atoms with Crippen LogP contribution in [0.25, 0.3) is 0 Å². The molecule has 0 bridgehead atoms. The van der Waals surface area contributed by atoms with Crippen LogP contribution in [0.4, 0.5) is 0 Å². The molecule has 0 aromatic carbocycles. The number of carbonyl (C=O) groups is 1. The Morgan fingerprint density at radius 3 is 3.00 bits per heavy atom. The summed E-state index contributed by atoms with van der Waals surface area (Å²) in [6.45, 7) is 2.35. The number of aromatic nitrogens is 2. The van der Waals surface area contributed by atoms with E-state index in [1.54, 1.807) is 17.8 Å². The SMILES string of the molecule is COC(=O)[C@@H](C)Cn1cc(Br)cn1. The minimum atomic E-state index is -0.216. The van der Waals surface area contributed by atoms with Gasteiger partial charge in [0.1, 0.15) is 0 Å². The largest absolute Gasteiger partial charge is 0.469 e. The summed E-state index contributed by atoms with van der Waals surface area (Å²) in [6.07, 6.45) is 3.50. The Bertz CT molecular complexity index is 298. The Balaban J connectivity index is 2.54. The second-order valence-electron chi connectivity index (χ2n) is 2.80. The normalized spacial score (nSPS) is 12.5. The highest BCUT2D eigenvalue weighted by Crippen LogP contribution is 2.08. The van der Waals surface area contributed by atoms with E-state index in [1.807, 2.05) is 6.20 Å². The molecular weight excluding hydrogens is 236 g/mol. The van der Waals surface area contributed by atoms with Gasteiger partial charge >= 0.3 is 5.97 Å². The molecule has 0 saturated heterocycles. The first-order chi connectivity index (χ1) is 6.13. The molecule has 72 valence electrons. The summed E-state index contributed by atoms with van der Waals surface area (Å²) in [6, 6.07) is 0. The van der Waals surface area contributed by atoms with Crippen LogP contribution in [0.1, 0.15) is 6.92 Å². The van der Waals surface area contributed by atoms with Crippen LogP contribution in [0.2, 0.25) is 0 Å². The Kier molecular flexibility index (Phi) is 3.48. The molecule has 0 aliphatic carbocycles. The van der Waals surface area contributed by atoms with Gasteiger partial charge in [0.2, 0.25) is 0 Å². The van der Waals surface area contributed by atoms with Crippen molar-refractivity contribution >= 4 is 21.9 Å². The number of rotatable bonds is 3. The number of nitrogens with zero attached hydrogens (tertiary/aromatic N) is 2. The van der Waals surface area contributed by atoms with Gasteiger partial charge < -0.3 is 4.74 Å². The van der Waals surface area contributed by atoms with E-state index in [1.165, 1.54) is 7.11 Å². The van der Waals surface area contributed by atoms with E-state index in [0.717, 1.165) is 4.47 Å². The van der Waals surface area contributed by atoms with Crippen molar-refractivity contribution in [2.45, 2.75) is 13.5 Å². The number of hydrogen-bond donors (Lipinski definition) is 0. The number of carbonyl (C=O) groups excluding carboxylic acids is 1. The van der Waals surface area contributed by atoms with E-state index in [9.17, 15) is 4.79 Å². The standard InChI is InChI=1S/C8H11BrN2O2/c1-6(8(12)13-2)4-11-5-7(9)3-10-11/h3,5-6H,4H2,1-2H3/t6-/m0/s1. The van der Waals surface area contributed by atoms with Gasteiger partial charge in [-0.1, -0.05) is 6.92 Å². The van der Waals surface area contributed by atoms with Crippen molar-refractivity contribution in [3.05, 3.63) is 16.9 Å². The van der Waals surface area contributed by atoms with Crippen molar-refractivity contribution in [2.75, 3.05) is 7.11 Å². The van der Waals surface area contributed by atoms with E-state index < -0.39 is 0 Å². The number of methoxy groups -OCH3 is 1. The molecule has 0 fully saturated rings. The molecule has 13 heavy (non-hydrogen) atoms. The van der Waals surface area contributed by atoms with E-state index in [0.29, 0.717) is 6.54 Å². The zero-order valence-electron chi connectivity index (χ0n) is 7.53. The first-order valence-corrected chi connectivity index (χ1v) is 4.68. The van der Waals surface area contributed by atoms with Crippen LogP contribution in [0.15, 0.2) is 16.9 Å². The maximum atomic E-state index is 11.0. The fourth-order valence-corrected chi connectivity index (χ4v) is 1.32. The van der Waals surface area contributed by atoms with E-state index in [2.05, 4.69) is 25.8 Å². The molecule has 0 radical (unpaired) electrons. The lowest BCUT2D eigenvalue weighted by atomic mass is 10.2. The summed E-state index contributed by atoms with van der Waals surface area (Å²) >= 11 is 3.28. The van der Waals surface area contributed by atoms with Crippen molar-refractivity contribution in [3.63, 3.8) is 0 Å². The van der Waals surface area contributed by atoms with E-state index in [-0.39, 0.29) is 11.9 Å². The van der Waals surface area contributed by atoms with Gasteiger partial charge in [-0.15, -0.1) is 0 Å². The summed E-state index contributed by atoms with van der Waals surface area (Å²) in [5, 5.41) is 4.03. The number of hydrogen-bond acceptors (Lipinski definition) is 3. The maximum Gasteiger partial charge on any atom is 0.310 e. The second-order valence-corrected chi connectivity index (χ2v) is 3.72. The molecule has 1 rings (SSSR count). The van der Waals surface area contributed by atoms with Gasteiger partial charge in [-0.25, -0.2) is 0 Å². The van der Waals surface area contributed by atoms with Crippen LogP contribution in [0.5, 0.6) is 0 Å². The predicted octanol–water partition coefficient (Wildman–Crippen LogP) is 1.45. The third-order valence-corrected chi connectivity index (χ3v) is 2.08. The smallest absolute Gasteiger partial charge is 0.310 e. The van der Waals surface area contributed by atoms with Gasteiger partial charge in [0, 0.05) is 6.20 Å². The molecule has 1 aromatic rings. The second kappa shape index (κ2) is 4.41. The van der Waals surface area contributed by atoms with Gasteiger partial charge in [0.05, 0.1) is 30.2 Å². The van der Waals surface area contributed by atoms with E-state index >= 15 is 0 Å². The molecule has 0 aliphatic rings. The lowest BCUT2D eigenvalue weighted by Crippen LogP contribution is -2.18. The molecule has 0 aliphatic heterocycles. The van der Waals surface area contributed by atoms with Crippen LogP contribution in [0, 0.1) is 5.92 Å². The van der Waals surface area contributed by atoms with Crippen molar-refractivity contribution in [1.29, 1.82) is 0 Å². The first kappa shape index (κ1) is 10.2. The summed E-state index contributed by atoms with van der Waals surface area (Å²) < 4.78 is 7.21. The molecule has 4 nitrogen and oxygen atoms in total. The molecule has 5 heteroatoms. The third-order valence-electron chi connectivity index (χ3n) is 1.67. The Hall–Kier alpha value is -0.840. The van der Waals surface area contributed by atoms with Crippen LogP contribution in [0.3, 0.4) is 0 Å². The summed E-state index contributed by atoms with van der Waals surface area (Å²) in [5.74, 6) is -0.386. The van der Waals surface area contributed by atoms with Gasteiger partial charge in [-0.3, -0.25) is 9.48 Å². The number of halogens is 1. The highest BCUT2D eigenvalue weighted by atomic mass is 79.9. The quantitative estimate of drug-likeness (QED) is 0.759. The fourth-order valence-electron chi connectivity index (χ4n) is 0.994. The van der Waals surface area contributed by atoms with Gasteiger partial charge in [-0.2, -0.15) is 5.10 Å². The highest BCUT2D eigenvalue weighted by molar-refractivity contribution is 9.10. The topological polar surface area (TPSA) is 44.1 Å². The van der Waals surface area contributed by atoms with Crippen molar-refractivity contribution in [1.82, 2.24) is 9.78 Å². The Morgan fingerprint density at radius 1 is 1.85 bits per heavy atom. The average molecular weight is 247 g/mol. The summed E-state index contributed by atoms with van der Waals surface area (Å²) in [7, 11) is 1.39. The first-order valence-electron chi connectivity index (χ1n) is 3.89. The summed E-state index contributed by atoms with van der Waals surface area (Å²) in [4.78, 5) is 11.0. The average Bonchev–Trinajstić information content (AvgIpc) is 2.49. The van der Waals surface area contributed by atoms with Gasteiger partial charge in [-0.05, 0) is 15.9 Å². The van der Waals surface area contributed by atoms with Crippen molar-refractivity contribution in [2.24, 2.45) is 5.92 Å². The minimum Gasteiger partial charge on any atom is -0.469 e. The molecule has 0 N–H and O–H groups in total. The Morgan fingerprint density at radius 2 is 2.54 bits per heavy atom. The molecule has 0 spiro atoms. The van der Waals surface area contributed by atoms with E-state index in [4.69, 9.17) is 0 Å². The van der Waals surface area contributed by atoms with Gasteiger partial charge in [0.15, 0.2) is 0 Å². The molecule has 0 saturated carbocycles. The Labute approximate surface area is 85.0 Å². The molecule has 1 heterocycles. The maximum absolute atomic E-state index is 11.0. The molecule has 1 aromatic heterocycles. The monoisotopic (exact) mass is 246 g/mol. The summed E-state index contributed by atoms with van der Waals surface area (Å²) in [5.41, 5.74) is 0. The van der Waals surface area contributed by atoms with Gasteiger partial charge in [0.25, 0.3) is 0 Å². The fraction of sp³-hybridized carbons (Fsp3) is 0.500. The predicted molar refractivity (Wildman–Crippen MR) is 51.1 cm³/mol. The highest BCUT2D eigenvalue weighted by Gasteiger charge is 2.13. The lowest BCUT2D eigenvalue weighted by Gasteiger charge is -2.08. The van der Waals surface area contributed by atoms with Crippen LogP contribution in [-0.2, 0) is 16.1 Å². The lowest BCUT2D eigenvalue weighted by molar-refractivity contribution is -0.145. The number of ether oxygens (including phenoxy) is 1. The minimum absolute atomic E-state index is 0.170. The van der Waals surface area contributed by atoms with Crippen LogP contribution in [-0.4, -0.2) is 22.9 Å². The zero-order valence-corrected chi connectivity index (χ0v) is 9.11. The molecule has 0 amide bonds. The van der Waals surface area contributed by atoms with Crippen LogP contribution < -0.4 is 0 Å². The molecule has 0 unspecified atom stereocenters.